The van der Waals surface area contributed by atoms with E-state index in [1.165, 1.54) is 16.8 Å². The van der Waals surface area contributed by atoms with Gasteiger partial charge in [-0.2, -0.15) is 0 Å². The van der Waals surface area contributed by atoms with Crippen LogP contribution in [0.4, 0.5) is 0 Å². The number of piperazine rings is 1. The average molecular weight is 344 g/mol. The molecule has 24 heavy (non-hydrogen) atoms. The van der Waals surface area contributed by atoms with Gasteiger partial charge in [0, 0.05) is 50.8 Å². The maximum atomic E-state index is 4.53. The normalized spacial score (nSPS) is 18.5. The summed E-state index contributed by atoms with van der Waals surface area (Å²) in [4.78, 5) is 11.3. The molecule has 1 fully saturated rings. The molecule has 5 nitrogen and oxygen atoms in total. The van der Waals surface area contributed by atoms with Crippen LogP contribution in [0.15, 0.2) is 49.1 Å². The second kappa shape index (κ2) is 7.30. The van der Waals surface area contributed by atoms with Gasteiger partial charge >= 0.3 is 0 Å². The highest BCUT2D eigenvalue weighted by atomic mass is 35.5. The van der Waals surface area contributed by atoms with E-state index in [1.54, 1.807) is 0 Å². The Labute approximate surface area is 148 Å². The van der Waals surface area contributed by atoms with Gasteiger partial charge in [-0.25, -0.2) is 4.98 Å². The Bertz CT molecular complexity index is 802. The molecular formula is C18H22ClN5. The van der Waals surface area contributed by atoms with E-state index in [0.29, 0.717) is 6.04 Å². The summed E-state index contributed by atoms with van der Waals surface area (Å²) in [5.74, 6) is 0. The first-order valence-electron chi connectivity index (χ1n) is 8.08. The van der Waals surface area contributed by atoms with Crippen molar-refractivity contribution in [3.63, 3.8) is 0 Å². The van der Waals surface area contributed by atoms with Crippen molar-refractivity contribution in [2.75, 3.05) is 19.6 Å². The van der Waals surface area contributed by atoms with Crippen molar-refractivity contribution in [3.8, 4) is 0 Å². The fraction of sp³-hybridized carbons (Fsp3) is 0.333. The van der Waals surface area contributed by atoms with Crippen LogP contribution in [-0.4, -0.2) is 38.9 Å². The molecule has 6 heteroatoms. The molecule has 1 aliphatic heterocycles. The lowest BCUT2D eigenvalue weighted by atomic mass is 10.1. The molecule has 126 valence electrons. The third-order valence-electron chi connectivity index (χ3n) is 4.52. The number of nitrogens with one attached hydrogen (secondary N) is 1. The first kappa shape index (κ1) is 16.9. The van der Waals surface area contributed by atoms with Gasteiger partial charge in [0.25, 0.3) is 0 Å². The van der Waals surface area contributed by atoms with Crippen LogP contribution in [0.3, 0.4) is 0 Å². The summed E-state index contributed by atoms with van der Waals surface area (Å²) in [6.45, 7) is 6.02. The topological polar surface area (TPSA) is 45.5 Å². The van der Waals surface area contributed by atoms with Gasteiger partial charge in [-0.1, -0.05) is 12.1 Å². The lowest BCUT2D eigenvalue weighted by Crippen LogP contribution is -2.45. The zero-order valence-corrected chi connectivity index (χ0v) is 14.5. The summed E-state index contributed by atoms with van der Waals surface area (Å²) < 4.78 is 2.21. The molecule has 0 amide bonds. The largest absolute Gasteiger partial charge is 0.314 e. The molecule has 1 N–H and O–H groups in total. The molecular weight excluding hydrogens is 322 g/mol. The van der Waals surface area contributed by atoms with E-state index in [1.807, 2.05) is 24.7 Å². The highest BCUT2D eigenvalue weighted by Crippen LogP contribution is 2.23. The first-order valence-corrected chi connectivity index (χ1v) is 8.08. The van der Waals surface area contributed by atoms with E-state index in [2.05, 4.69) is 55.9 Å². The number of aryl methyl sites for hydroxylation is 1. The van der Waals surface area contributed by atoms with Crippen LogP contribution in [0.1, 0.15) is 22.9 Å². The second-order valence-corrected chi connectivity index (χ2v) is 6.16. The molecule has 1 unspecified atom stereocenters. The summed E-state index contributed by atoms with van der Waals surface area (Å²) >= 11 is 0. The van der Waals surface area contributed by atoms with E-state index in [4.69, 9.17) is 0 Å². The van der Waals surface area contributed by atoms with Crippen LogP contribution >= 0.6 is 12.4 Å². The number of aromatic nitrogens is 3. The van der Waals surface area contributed by atoms with Gasteiger partial charge in [0.15, 0.2) is 0 Å². The summed E-state index contributed by atoms with van der Waals surface area (Å²) in [5, 5.41) is 3.50. The molecule has 0 saturated carbocycles. The molecule has 1 atom stereocenters. The maximum absolute atomic E-state index is 4.53. The third kappa shape index (κ3) is 3.29. The van der Waals surface area contributed by atoms with Crippen molar-refractivity contribution >= 4 is 18.1 Å². The molecule has 0 radical (unpaired) electrons. The fourth-order valence-corrected chi connectivity index (χ4v) is 3.30. The number of rotatable bonds is 3. The SMILES string of the molecule is Cc1ccc2ncc(CN3CCNCC3c3cccnc3)n2c1.Cl. The van der Waals surface area contributed by atoms with Crippen LogP contribution < -0.4 is 5.32 Å². The average Bonchev–Trinajstić information content (AvgIpc) is 2.98. The third-order valence-corrected chi connectivity index (χ3v) is 4.52. The minimum atomic E-state index is 0. The summed E-state index contributed by atoms with van der Waals surface area (Å²) in [7, 11) is 0. The molecule has 4 heterocycles. The van der Waals surface area contributed by atoms with Crippen LogP contribution in [-0.2, 0) is 6.54 Å². The van der Waals surface area contributed by atoms with E-state index in [9.17, 15) is 0 Å². The summed E-state index contributed by atoms with van der Waals surface area (Å²) in [6, 6.07) is 8.72. The summed E-state index contributed by atoms with van der Waals surface area (Å²) in [6.07, 6.45) is 7.97. The van der Waals surface area contributed by atoms with Gasteiger partial charge in [-0.05, 0) is 30.2 Å². The van der Waals surface area contributed by atoms with Crippen molar-refractivity contribution in [1.82, 2.24) is 24.6 Å². The second-order valence-electron chi connectivity index (χ2n) is 6.16. The monoisotopic (exact) mass is 343 g/mol. The van der Waals surface area contributed by atoms with Crippen molar-refractivity contribution in [1.29, 1.82) is 0 Å². The van der Waals surface area contributed by atoms with Gasteiger partial charge < -0.3 is 9.72 Å². The Kier molecular flexibility index (Phi) is 5.14. The molecule has 0 bridgehead atoms. The predicted molar refractivity (Wildman–Crippen MR) is 97.4 cm³/mol. The van der Waals surface area contributed by atoms with Crippen LogP contribution in [0, 0.1) is 6.92 Å². The summed E-state index contributed by atoms with van der Waals surface area (Å²) in [5.41, 5.74) is 4.77. The maximum Gasteiger partial charge on any atom is 0.136 e. The molecule has 1 aliphatic rings. The van der Waals surface area contributed by atoms with Gasteiger partial charge in [-0.3, -0.25) is 9.88 Å². The van der Waals surface area contributed by atoms with Crippen molar-refractivity contribution in [3.05, 3.63) is 65.9 Å². The molecule has 3 aromatic heterocycles. The minimum absolute atomic E-state index is 0. The lowest BCUT2D eigenvalue weighted by molar-refractivity contribution is 0.151. The molecule has 1 saturated heterocycles. The van der Waals surface area contributed by atoms with Crippen LogP contribution in [0.5, 0.6) is 0 Å². The van der Waals surface area contributed by atoms with Gasteiger partial charge in [-0.15, -0.1) is 12.4 Å². The van der Waals surface area contributed by atoms with Gasteiger partial charge in [0.2, 0.25) is 0 Å². The predicted octanol–water partition coefficient (Wildman–Crippen LogP) is 2.61. The molecule has 0 spiro atoms. The van der Waals surface area contributed by atoms with Crippen LogP contribution in [0.2, 0.25) is 0 Å². The lowest BCUT2D eigenvalue weighted by Gasteiger charge is -2.36. The number of hydrogen-bond acceptors (Lipinski definition) is 4. The van der Waals surface area contributed by atoms with Crippen molar-refractivity contribution in [2.45, 2.75) is 19.5 Å². The van der Waals surface area contributed by atoms with E-state index in [0.717, 1.165) is 31.8 Å². The molecule has 3 aromatic rings. The quantitative estimate of drug-likeness (QED) is 0.794. The fourth-order valence-electron chi connectivity index (χ4n) is 3.30. The molecule has 4 rings (SSSR count). The number of nitrogens with zero attached hydrogens (tertiary/aromatic N) is 4. The smallest absolute Gasteiger partial charge is 0.136 e. The number of halogens is 1. The Morgan fingerprint density at radius 2 is 2.17 bits per heavy atom. The van der Waals surface area contributed by atoms with Crippen molar-refractivity contribution in [2.24, 2.45) is 0 Å². The molecule has 0 aliphatic carbocycles. The number of fused-ring (bicyclic) bond motifs is 1. The van der Waals surface area contributed by atoms with E-state index in [-0.39, 0.29) is 12.4 Å². The molecule has 0 aromatic carbocycles. The van der Waals surface area contributed by atoms with Crippen LogP contribution in [0.25, 0.3) is 5.65 Å². The Balaban J connectivity index is 0.00000169. The van der Waals surface area contributed by atoms with Gasteiger partial charge in [0.05, 0.1) is 11.9 Å². The minimum Gasteiger partial charge on any atom is -0.314 e. The number of pyridine rings is 2. The zero-order valence-electron chi connectivity index (χ0n) is 13.7. The van der Waals surface area contributed by atoms with Crippen molar-refractivity contribution < 1.29 is 0 Å². The van der Waals surface area contributed by atoms with Gasteiger partial charge in [0.1, 0.15) is 5.65 Å². The number of hydrogen-bond donors (Lipinski definition) is 1. The Hall–Kier alpha value is -1.95. The van der Waals surface area contributed by atoms with E-state index < -0.39 is 0 Å². The first-order chi connectivity index (χ1) is 11.3. The standard InChI is InChI=1S/C18H21N5.ClH/c1-14-4-5-18-21-10-16(23(18)12-14)13-22-8-7-20-11-17(22)15-3-2-6-19-9-15;/h2-6,9-10,12,17,20H,7-8,11,13H2,1H3;1H. The highest BCUT2D eigenvalue weighted by molar-refractivity contribution is 5.85. The zero-order chi connectivity index (χ0) is 15.6. The Morgan fingerprint density at radius 3 is 3.00 bits per heavy atom. The number of imidazole rings is 1. The van der Waals surface area contributed by atoms with E-state index >= 15 is 0 Å². The Morgan fingerprint density at radius 1 is 1.25 bits per heavy atom. The highest BCUT2D eigenvalue weighted by Gasteiger charge is 2.24.